The Morgan fingerprint density at radius 2 is 2.14 bits per heavy atom. The lowest BCUT2D eigenvalue weighted by Gasteiger charge is -2.25. The molecule has 0 saturated carbocycles. The summed E-state index contributed by atoms with van der Waals surface area (Å²) in [6.07, 6.45) is 8.13. The normalized spacial score (nSPS) is 22.4. The molecule has 0 aromatic carbocycles. The van der Waals surface area contributed by atoms with Gasteiger partial charge in [0.2, 0.25) is 5.95 Å². The quantitative estimate of drug-likeness (QED) is 0.941. The van der Waals surface area contributed by atoms with E-state index >= 15 is 0 Å². The highest BCUT2D eigenvalue weighted by Gasteiger charge is 2.32. The van der Waals surface area contributed by atoms with Gasteiger partial charge in [0.05, 0.1) is 17.4 Å². The van der Waals surface area contributed by atoms with E-state index in [1.807, 2.05) is 18.5 Å². The average Bonchev–Trinajstić information content (AvgIpc) is 2.88. The lowest BCUT2D eigenvalue weighted by Crippen LogP contribution is -2.25. The van der Waals surface area contributed by atoms with Gasteiger partial charge in [-0.3, -0.25) is 9.88 Å². The zero-order chi connectivity index (χ0) is 14.7. The minimum Gasteiger partial charge on any atom is -0.354 e. The van der Waals surface area contributed by atoms with E-state index in [0.717, 1.165) is 19.5 Å². The van der Waals surface area contributed by atoms with Gasteiger partial charge in [0, 0.05) is 25.0 Å². The van der Waals surface area contributed by atoms with Crippen molar-refractivity contribution in [2.45, 2.75) is 12.5 Å². The predicted octanol–water partition coefficient (Wildman–Crippen LogP) is 2.63. The maximum absolute atomic E-state index is 5.79. The highest BCUT2D eigenvalue weighted by molar-refractivity contribution is 6.30. The van der Waals surface area contributed by atoms with Crippen LogP contribution in [0.15, 0.2) is 36.9 Å². The molecule has 1 N–H and O–H groups in total. The Labute approximate surface area is 129 Å². The summed E-state index contributed by atoms with van der Waals surface area (Å²) >= 11 is 5.79. The Morgan fingerprint density at radius 3 is 2.86 bits per heavy atom. The van der Waals surface area contributed by atoms with Gasteiger partial charge in [-0.25, -0.2) is 9.97 Å². The van der Waals surface area contributed by atoms with Crippen LogP contribution in [0.4, 0.5) is 5.95 Å². The molecule has 2 atom stereocenters. The minimum absolute atomic E-state index is 0.388. The van der Waals surface area contributed by atoms with Crippen LogP contribution in [0.25, 0.3) is 0 Å². The summed E-state index contributed by atoms with van der Waals surface area (Å²) in [7, 11) is 2.16. The molecular weight excluding hydrogens is 286 g/mol. The first-order valence-electron chi connectivity index (χ1n) is 7.05. The van der Waals surface area contributed by atoms with Crippen molar-refractivity contribution >= 4 is 17.5 Å². The van der Waals surface area contributed by atoms with Crippen molar-refractivity contribution in [2.24, 2.45) is 5.92 Å². The Balaban J connectivity index is 1.68. The SMILES string of the molecule is CN1CC[C@@H](CNc2ncc(Cl)cn2)[C@@H]1c1cccnc1. The van der Waals surface area contributed by atoms with Gasteiger partial charge in [-0.2, -0.15) is 0 Å². The summed E-state index contributed by atoms with van der Waals surface area (Å²) in [4.78, 5) is 15.0. The van der Waals surface area contributed by atoms with Crippen LogP contribution in [-0.4, -0.2) is 40.0 Å². The molecule has 21 heavy (non-hydrogen) atoms. The molecule has 0 bridgehead atoms. The zero-order valence-electron chi connectivity index (χ0n) is 11.9. The number of nitrogens with one attached hydrogen (secondary N) is 1. The van der Waals surface area contributed by atoms with Crippen LogP contribution < -0.4 is 5.32 Å². The molecule has 110 valence electrons. The molecule has 2 aromatic heterocycles. The van der Waals surface area contributed by atoms with Gasteiger partial charge >= 0.3 is 0 Å². The molecule has 0 aliphatic carbocycles. The molecule has 1 saturated heterocycles. The van der Waals surface area contributed by atoms with Crippen LogP contribution in [0.3, 0.4) is 0 Å². The van der Waals surface area contributed by atoms with E-state index in [1.165, 1.54) is 5.56 Å². The smallest absolute Gasteiger partial charge is 0.222 e. The number of pyridine rings is 1. The number of nitrogens with zero attached hydrogens (tertiary/aromatic N) is 4. The summed E-state index contributed by atoms with van der Waals surface area (Å²) in [5.41, 5.74) is 1.27. The number of rotatable bonds is 4. The molecule has 5 nitrogen and oxygen atoms in total. The fraction of sp³-hybridized carbons (Fsp3) is 0.400. The van der Waals surface area contributed by atoms with Crippen molar-refractivity contribution in [3.05, 3.63) is 47.5 Å². The lowest BCUT2D eigenvalue weighted by atomic mass is 9.95. The van der Waals surface area contributed by atoms with Crippen molar-refractivity contribution in [2.75, 3.05) is 25.5 Å². The third-order valence-electron chi connectivity index (χ3n) is 3.94. The van der Waals surface area contributed by atoms with E-state index in [2.05, 4.69) is 38.3 Å². The summed E-state index contributed by atoms with van der Waals surface area (Å²) in [6, 6.07) is 4.53. The maximum atomic E-state index is 5.79. The molecule has 0 radical (unpaired) electrons. The Bertz CT molecular complexity index is 574. The molecule has 2 aromatic rings. The molecule has 6 heteroatoms. The number of aromatic nitrogens is 3. The standard InChI is InChI=1S/C15H18ClN5/c1-21-6-4-12(14(21)11-3-2-5-17-7-11)8-18-15-19-9-13(16)10-20-15/h2-3,5,7,9-10,12,14H,4,6,8H2,1H3,(H,18,19,20)/t12-,14-/m0/s1. The molecule has 0 spiro atoms. The molecular formula is C15H18ClN5. The van der Waals surface area contributed by atoms with E-state index < -0.39 is 0 Å². The van der Waals surface area contributed by atoms with Crippen LogP contribution in [0.2, 0.25) is 5.02 Å². The van der Waals surface area contributed by atoms with Crippen LogP contribution in [0, 0.1) is 5.92 Å². The fourth-order valence-corrected chi connectivity index (χ4v) is 3.04. The first kappa shape index (κ1) is 14.2. The van der Waals surface area contributed by atoms with E-state index in [0.29, 0.717) is 22.9 Å². The van der Waals surface area contributed by atoms with E-state index in [1.54, 1.807) is 12.4 Å². The third kappa shape index (κ3) is 3.31. The largest absolute Gasteiger partial charge is 0.354 e. The summed E-state index contributed by atoms with van der Waals surface area (Å²) in [5.74, 6) is 1.14. The van der Waals surface area contributed by atoms with Crippen LogP contribution in [0.5, 0.6) is 0 Å². The van der Waals surface area contributed by atoms with Crippen LogP contribution in [-0.2, 0) is 0 Å². The van der Waals surface area contributed by atoms with Gasteiger partial charge < -0.3 is 5.32 Å². The molecule has 1 aliphatic rings. The van der Waals surface area contributed by atoms with Crippen LogP contribution >= 0.6 is 11.6 Å². The van der Waals surface area contributed by atoms with Crippen molar-refractivity contribution in [3.63, 3.8) is 0 Å². The van der Waals surface area contributed by atoms with Crippen molar-refractivity contribution in [3.8, 4) is 0 Å². The summed E-state index contributed by atoms with van der Waals surface area (Å²) in [6.45, 7) is 1.93. The first-order valence-corrected chi connectivity index (χ1v) is 7.43. The van der Waals surface area contributed by atoms with E-state index in [9.17, 15) is 0 Å². The zero-order valence-corrected chi connectivity index (χ0v) is 12.7. The summed E-state index contributed by atoms with van der Waals surface area (Å²) in [5, 5.41) is 3.86. The van der Waals surface area contributed by atoms with Crippen molar-refractivity contribution in [1.82, 2.24) is 19.9 Å². The highest BCUT2D eigenvalue weighted by Crippen LogP contribution is 2.35. The Morgan fingerprint density at radius 1 is 1.33 bits per heavy atom. The van der Waals surface area contributed by atoms with Crippen LogP contribution in [0.1, 0.15) is 18.0 Å². The molecule has 1 fully saturated rings. The molecule has 3 heterocycles. The maximum Gasteiger partial charge on any atom is 0.222 e. The number of anilines is 1. The van der Waals surface area contributed by atoms with Gasteiger partial charge in [-0.05, 0) is 37.6 Å². The average molecular weight is 304 g/mol. The minimum atomic E-state index is 0.388. The predicted molar refractivity (Wildman–Crippen MR) is 83.2 cm³/mol. The second-order valence-electron chi connectivity index (χ2n) is 5.37. The Hall–Kier alpha value is -1.72. The molecule has 1 aliphatic heterocycles. The number of hydrogen-bond donors (Lipinski definition) is 1. The van der Waals surface area contributed by atoms with Gasteiger partial charge in [0.25, 0.3) is 0 Å². The second kappa shape index (κ2) is 6.37. The number of halogens is 1. The highest BCUT2D eigenvalue weighted by atomic mass is 35.5. The van der Waals surface area contributed by atoms with Gasteiger partial charge in [0.1, 0.15) is 0 Å². The van der Waals surface area contributed by atoms with E-state index in [4.69, 9.17) is 11.6 Å². The molecule has 3 rings (SSSR count). The topological polar surface area (TPSA) is 53.9 Å². The summed E-state index contributed by atoms with van der Waals surface area (Å²) < 4.78 is 0. The fourth-order valence-electron chi connectivity index (χ4n) is 2.94. The Kier molecular flexibility index (Phi) is 4.31. The molecule has 0 unspecified atom stereocenters. The van der Waals surface area contributed by atoms with Crippen molar-refractivity contribution in [1.29, 1.82) is 0 Å². The first-order chi connectivity index (χ1) is 10.2. The van der Waals surface area contributed by atoms with Crippen molar-refractivity contribution < 1.29 is 0 Å². The van der Waals surface area contributed by atoms with Gasteiger partial charge in [-0.1, -0.05) is 17.7 Å². The monoisotopic (exact) mass is 303 g/mol. The number of likely N-dealkylation sites (tertiary alicyclic amines) is 1. The van der Waals surface area contributed by atoms with Gasteiger partial charge in [-0.15, -0.1) is 0 Å². The van der Waals surface area contributed by atoms with Gasteiger partial charge in [0.15, 0.2) is 0 Å². The molecule has 0 amide bonds. The number of hydrogen-bond acceptors (Lipinski definition) is 5. The third-order valence-corrected chi connectivity index (χ3v) is 4.14. The lowest BCUT2D eigenvalue weighted by molar-refractivity contribution is 0.281. The van der Waals surface area contributed by atoms with E-state index in [-0.39, 0.29) is 0 Å². The second-order valence-corrected chi connectivity index (χ2v) is 5.80.